The van der Waals surface area contributed by atoms with Crippen molar-refractivity contribution in [3.05, 3.63) is 113 Å². The second-order valence-electron chi connectivity index (χ2n) is 11.3. The molecule has 9 nitrogen and oxygen atoms in total. The van der Waals surface area contributed by atoms with E-state index < -0.39 is 5.91 Å². The summed E-state index contributed by atoms with van der Waals surface area (Å²) >= 11 is 0. The molecular weight excluding hydrogens is 540 g/mol. The fourth-order valence-corrected chi connectivity index (χ4v) is 5.93. The summed E-state index contributed by atoms with van der Waals surface area (Å²) in [7, 11) is 3.46. The van der Waals surface area contributed by atoms with Gasteiger partial charge in [0, 0.05) is 48.4 Å². The Kier molecular flexibility index (Phi) is 7.50. The van der Waals surface area contributed by atoms with Crippen LogP contribution in [0.1, 0.15) is 51.1 Å². The van der Waals surface area contributed by atoms with Gasteiger partial charge in [-0.3, -0.25) is 19.3 Å². The second kappa shape index (κ2) is 11.4. The molecule has 6 rings (SSSR count). The lowest BCUT2D eigenvalue weighted by Crippen LogP contribution is -2.26. The average molecular weight is 575 g/mol. The average Bonchev–Trinajstić information content (AvgIpc) is 3.66. The summed E-state index contributed by atoms with van der Waals surface area (Å²) in [5.74, 6) is -0.489. The first-order chi connectivity index (χ1) is 20.8. The number of carbonyl (C=O) groups is 2. The molecular formula is C34H34N6O3. The summed E-state index contributed by atoms with van der Waals surface area (Å²) in [5, 5.41) is 5.49. The Balaban J connectivity index is 1.44. The molecule has 0 bridgehead atoms. The van der Waals surface area contributed by atoms with Crippen LogP contribution in [0.2, 0.25) is 0 Å². The van der Waals surface area contributed by atoms with Crippen LogP contribution in [-0.4, -0.2) is 50.6 Å². The van der Waals surface area contributed by atoms with E-state index in [-0.39, 0.29) is 17.9 Å². The normalized spacial score (nSPS) is 13.7. The van der Waals surface area contributed by atoms with Crippen molar-refractivity contribution >= 4 is 22.7 Å². The van der Waals surface area contributed by atoms with E-state index in [2.05, 4.69) is 22.2 Å². The molecule has 1 aliphatic rings. The van der Waals surface area contributed by atoms with E-state index in [1.54, 1.807) is 42.1 Å². The van der Waals surface area contributed by atoms with Crippen molar-refractivity contribution in [1.82, 2.24) is 24.6 Å². The SMILES string of the molecule is Cc1c(C(N)=O)ccc(COCc2ccccn2)c1C1(c2cc(-c3cnn(CC(=O)N(C)C)c3)nc3ccccc23)CC1. The summed E-state index contributed by atoms with van der Waals surface area (Å²) in [6.45, 7) is 2.88. The molecule has 218 valence electrons. The number of primary amides is 1. The lowest BCUT2D eigenvalue weighted by atomic mass is 9.79. The monoisotopic (exact) mass is 574 g/mol. The highest BCUT2D eigenvalue weighted by molar-refractivity contribution is 5.95. The maximum atomic E-state index is 12.5. The highest BCUT2D eigenvalue weighted by atomic mass is 16.5. The van der Waals surface area contributed by atoms with Crippen LogP contribution in [-0.2, 0) is 34.7 Å². The molecule has 9 heteroatoms. The molecule has 1 aliphatic carbocycles. The zero-order valence-corrected chi connectivity index (χ0v) is 24.6. The van der Waals surface area contributed by atoms with Crippen LogP contribution in [0.25, 0.3) is 22.2 Å². The first-order valence-electron chi connectivity index (χ1n) is 14.3. The topological polar surface area (TPSA) is 116 Å². The molecule has 0 saturated heterocycles. The Labute approximate surface area is 250 Å². The summed E-state index contributed by atoms with van der Waals surface area (Å²) in [6, 6.07) is 19.8. The molecule has 0 unspecified atom stereocenters. The highest BCUT2D eigenvalue weighted by Gasteiger charge is 2.49. The number of nitrogens with zero attached hydrogens (tertiary/aromatic N) is 5. The maximum absolute atomic E-state index is 12.5. The van der Waals surface area contributed by atoms with Crippen molar-refractivity contribution in [2.45, 2.75) is 44.9 Å². The van der Waals surface area contributed by atoms with Gasteiger partial charge in [-0.15, -0.1) is 0 Å². The van der Waals surface area contributed by atoms with Gasteiger partial charge < -0.3 is 15.4 Å². The van der Waals surface area contributed by atoms with Crippen LogP contribution in [0.5, 0.6) is 0 Å². The van der Waals surface area contributed by atoms with E-state index in [1.807, 2.05) is 55.6 Å². The molecule has 0 radical (unpaired) electrons. The van der Waals surface area contributed by atoms with Gasteiger partial charge in [0.2, 0.25) is 11.8 Å². The molecule has 43 heavy (non-hydrogen) atoms. The van der Waals surface area contributed by atoms with E-state index in [1.165, 1.54) is 0 Å². The molecule has 2 amide bonds. The Morgan fingerprint density at radius 3 is 2.56 bits per heavy atom. The van der Waals surface area contributed by atoms with Crippen molar-refractivity contribution in [3.63, 3.8) is 0 Å². The van der Waals surface area contributed by atoms with Crippen molar-refractivity contribution in [2.75, 3.05) is 14.1 Å². The molecule has 3 heterocycles. The van der Waals surface area contributed by atoms with Gasteiger partial charge in [0.1, 0.15) is 6.54 Å². The first kappa shape index (κ1) is 28.2. The predicted octanol–water partition coefficient (Wildman–Crippen LogP) is 4.79. The number of para-hydroxylation sites is 1. The summed E-state index contributed by atoms with van der Waals surface area (Å²) < 4.78 is 7.80. The number of pyridine rings is 2. The van der Waals surface area contributed by atoms with Gasteiger partial charge in [-0.25, -0.2) is 4.98 Å². The van der Waals surface area contributed by atoms with Crippen molar-refractivity contribution in [1.29, 1.82) is 0 Å². The third-order valence-electron chi connectivity index (χ3n) is 8.24. The van der Waals surface area contributed by atoms with E-state index in [0.29, 0.717) is 18.8 Å². The predicted molar refractivity (Wildman–Crippen MR) is 164 cm³/mol. The van der Waals surface area contributed by atoms with Gasteiger partial charge in [-0.05, 0) is 72.4 Å². The Morgan fingerprint density at radius 1 is 1.05 bits per heavy atom. The van der Waals surface area contributed by atoms with Gasteiger partial charge in [0.15, 0.2) is 0 Å². The Bertz CT molecular complexity index is 1830. The number of likely N-dealkylation sites (N-methyl/N-ethyl adjacent to an activating group) is 1. The number of fused-ring (bicyclic) bond motifs is 1. The van der Waals surface area contributed by atoms with Crippen LogP contribution >= 0.6 is 0 Å². The van der Waals surface area contributed by atoms with Crippen LogP contribution in [0.15, 0.2) is 79.3 Å². The van der Waals surface area contributed by atoms with Gasteiger partial charge in [0.05, 0.1) is 36.3 Å². The van der Waals surface area contributed by atoms with Crippen molar-refractivity contribution in [2.24, 2.45) is 5.73 Å². The Hall–Kier alpha value is -4.89. The number of hydrogen-bond donors (Lipinski definition) is 1. The van der Waals surface area contributed by atoms with Crippen molar-refractivity contribution in [3.8, 4) is 11.3 Å². The number of ether oxygens (including phenoxy) is 1. The zero-order chi connectivity index (χ0) is 30.1. The molecule has 2 N–H and O–H groups in total. The largest absolute Gasteiger partial charge is 0.370 e. The molecule has 1 saturated carbocycles. The number of amides is 2. The number of aromatic nitrogens is 4. The smallest absolute Gasteiger partial charge is 0.248 e. The fourth-order valence-electron chi connectivity index (χ4n) is 5.93. The Morgan fingerprint density at radius 2 is 1.84 bits per heavy atom. The maximum Gasteiger partial charge on any atom is 0.248 e. The summed E-state index contributed by atoms with van der Waals surface area (Å²) in [4.78, 5) is 35.7. The van der Waals surface area contributed by atoms with Crippen LogP contribution in [0.3, 0.4) is 0 Å². The molecule has 2 aromatic carbocycles. The quantitative estimate of drug-likeness (QED) is 0.257. The minimum Gasteiger partial charge on any atom is -0.370 e. The lowest BCUT2D eigenvalue weighted by Gasteiger charge is -2.26. The van der Waals surface area contributed by atoms with Gasteiger partial charge >= 0.3 is 0 Å². The summed E-state index contributed by atoms with van der Waals surface area (Å²) in [6.07, 6.45) is 7.18. The third-order valence-corrected chi connectivity index (χ3v) is 8.24. The van der Waals surface area contributed by atoms with Gasteiger partial charge in [-0.2, -0.15) is 5.10 Å². The molecule has 0 spiro atoms. The fraction of sp³-hybridized carbons (Fsp3) is 0.265. The van der Waals surface area contributed by atoms with Crippen LogP contribution < -0.4 is 5.73 Å². The molecule has 0 aliphatic heterocycles. The molecule has 5 aromatic rings. The van der Waals surface area contributed by atoms with Gasteiger partial charge in [0.25, 0.3) is 0 Å². The van der Waals surface area contributed by atoms with E-state index in [0.717, 1.165) is 62.9 Å². The molecule has 0 atom stereocenters. The number of rotatable bonds is 10. The minimum absolute atomic E-state index is 0.0404. The zero-order valence-electron chi connectivity index (χ0n) is 24.6. The number of benzene rings is 2. The second-order valence-corrected chi connectivity index (χ2v) is 11.3. The molecule has 1 fully saturated rings. The third kappa shape index (κ3) is 5.51. The molecule has 3 aromatic heterocycles. The lowest BCUT2D eigenvalue weighted by molar-refractivity contribution is -0.129. The number of nitrogens with two attached hydrogens (primary N) is 1. The number of hydrogen-bond acceptors (Lipinski definition) is 6. The first-order valence-corrected chi connectivity index (χ1v) is 14.3. The van der Waals surface area contributed by atoms with Crippen LogP contribution in [0.4, 0.5) is 0 Å². The summed E-state index contributed by atoms with van der Waals surface area (Å²) in [5.41, 5.74) is 13.5. The van der Waals surface area contributed by atoms with Crippen molar-refractivity contribution < 1.29 is 14.3 Å². The highest BCUT2D eigenvalue weighted by Crippen LogP contribution is 2.57. The van der Waals surface area contributed by atoms with E-state index >= 15 is 0 Å². The number of carbonyl (C=O) groups excluding carboxylic acids is 2. The van der Waals surface area contributed by atoms with E-state index in [9.17, 15) is 9.59 Å². The minimum atomic E-state index is -0.449. The standard InChI is InChI=1S/C34H34N6O3/c1-22-26(33(35)42)12-11-23(20-43-21-25-8-6-7-15-36-25)32(22)34(13-14-34)28-16-30(38-29-10-5-4-9-27(28)29)24-17-37-40(18-24)19-31(41)39(2)3/h4-12,15-18H,13-14,19-21H2,1-3H3,(H2,35,42). The van der Waals surface area contributed by atoms with Gasteiger partial charge in [-0.1, -0.05) is 30.3 Å². The van der Waals surface area contributed by atoms with Crippen LogP contribution in [0, 0.1) is 6.92 Å². The van der Waals surface area contributed by atoms with E-state index in [4.69, 9.17) is 15.5 Å².